The first-order chi connectivity index (χ1) is 13.4. The van der Waals surface area contributed by atoms with E-state index in [0.717, 1.165) is 35.8 Å². The molecule has 1 aliphatic heterocycles. The SMILES string of the molecule is C.C=C/C(C)=N\N(Cc1cccc(CN2N=C(C)CCCC2C)n1)C(=C)C.CC. The topological polar surface area (TPSA) is 44.1 Å². The predicted molar refractivity (Wildman–Crippen MR) is 128 cm³/mol. The Bertz CT molecular complexity index is 705. The number of pyridine rings is 1. The van der Waals surface area contributed by atoms with Crippen molar-refractivity contribution in [2.75, 3.05) is 0 Å². The van der Waals surface area contributed by atoms with Gasteiger partial charge in [0.1, 0.15) is 0 Å². The zero-order valence-corrected chi connectivity index (χ0v) is 18.6. The summed E-state index contributed by atoms with van der Waals surface area (Å²) >= 11 is 0. The van der Waals surface area contributed by atoms with Gasteiger partial charge in [0, 0.05) is 17.5 Å². The molecule has 5 heteroatoms. The molecule has 1 aromatic heterocycles. The van der Waals surface area contributed by atoms with E-state index in [9.17, 15) is 0 Å². The maximum Gasteiger partial charge on any atom is 0.0834 e. The molecule has 1 unspecified atom stereocenters. The molecule has 2 rings (SSSR count). The normalized spacial score (nSPS) is 16.5. The van der Waals surface area contributed by atoms with Gasteiger partial charge in [-0.25, -0.2) is 0 Å². The van der Waals surface area contributed by atoms with E-state index in [0.29, 0.717) is 12.6 Å². The van der Waals surface area contributed by atoms with E-state index in [1.54, 1.807) is 6.08 Å². The van der Waals surface area contributed by atoms with Crippen molar-refractivity contribution in [1.29, 1.82) is 0 Å². The van der Waals surface area contributed by atoms with Gasteiger partial charge in [-0.05, 0) is 65.2 Å². The van der Waals surface area contributed by atoms with Crippen LogP contribution in [0.4, 0.5) is 0 Å². The number of hydrogen-bond donors (Lipinski definition) is 0. The Morgan fingerprint density at radius 3 is 2.59 bits per heavy atom. The van der Waals surface area contributed by atoms with E-state index < -0.39 is 0 Å². The van der Waals surface area contributed by atoms with Gasteiger partial charge in [0.05, 0.1) is 30.2 Å². The number of hydrogen-bond acceptors (Lipinski definition) is 5. The van der Waals surface area contributed by atoms with Crippen LogP contribution in [0, 0.1) is 0 Å². The average molecular weight is 400 g/mol. The third kappa shape index (κ3) is 9.07. The van der Waals surface area contributed by atoms with Gasteiger partial charge in [0.2, 0.25) is 0 Å². The lowest BCUT2D eigenvalue weighted by molar-refractivity contribution is 0.201. The van der Waals surface area contributed by atoms with Crippen molar-refractivity contribution in [3.8, 4) is 0 Å². The lowest BCUT2D eigenvalue weighted by Gasteiger charge is -2.25. The number of aromatic nitrogens is 1. The van der Waals surface area contributed by atoms with Gasteiger partial charge in [-0.2, -0.15) is 10.2 Å². The zero-order valence-electron chi connectivity index (χ0n) is 18.6. The van der Waals surface area contributed by atoms with Crippen LogP contribution >= 0.6 is 0 Å². The highest BCUT2D eigenvalue weighted by molar-refractivity contribution is 5.92. The third-order valence-corrected chi connectivity index (χ3v) is 4.48. The molecule has 1 atom stereocenters. The molecule has 0 fully saturated rings. The summed E-state index contributed by atoms with van der Waals surface area (Å²) in [6.07, 6.45) is 5.19. The van der Waals surface area contributed by atoms with Crippen LogP contribution in [0.25, 0.3) is 0 Å². The molecule has 0 aliphatic carbocycles. The fourth-order valence-corrected chi connectivity index (χ4v) is 2.87. The number of nitrogens with zero attached hydrogens (tertiary/aromatic N) is 5. The molecular formula is C24H41N5. The van der Waals surface area contributed by atoms with Crippen molar-refractivity contribution < 1.29 is 0 Å². The van der Waals surface area contributed by atoms with Crippen molar-refractivity contribution in [3.63, 3.8) is 0 Å². The Morgan fingerprint density at radius 2 is 1.97 bits per heavy atom. The number of allylic oxidation sites excluding steroid dienone is 2. The summed E-state index contributed by atoms with van der Waals surface area (Å²) in [5.74, 6) is 0. The first kappa shape index (κ1) is 26.6. The summed E-state index contributed by atoms with van der Waals surface area (Å²) in [7, 11) is 0. The van der Waals surface area contributed by atoms with Crippen LogP contribution < -0.4 is 0 Å². The largest absolute Gasteiger partial charge is 0.288 e. The smallest absolute Gasteiger partial charge is 0.0834 e. The molecule has 0 amide bonds. The molecule has 29 heavy (non-hydrogen) atoms. The molecule has 0 aromatic carbocycles. The van der Waals surface area contributed by atoms with Crippen LogP contribution in [0.5, 0.6) is 0 Å². The lowest BCUT2D eigenvalue weighted by atomic mass is 10.1. The summed E-state index contributed by atoms with van der Waals surface area (Å²) in [4.78, 5) is 4.82. The van der Waals surface area contributed by atoms with Crippen molar-refractivity contribution in [2.24, 2.45) is 10.2 Å². The standard InChI is InChI=1S/C21H31N5.C2H6.CH4/c1-7-17(4)23-25(16(2)3)14-20-12-9-13-21(22-20)15-26-19(6)11-8-10-18(5)24-26;1-2;/h7,9,12-13,19H,1-2,8,10-11,14-15H2,3-6H3;1-2H3;1H4/b23-17-;;. The molecule has 0 saturated heterocycles. The minimum Gasteiger partial charge on any atom is -0.288 e. The molecule has 2 heterocycles. The van der Waals surface area contributed by atoms with Gasteiger partial charge in [-0.15, -0.1) is 0 Å². The second kappa shape index (κ2) is 13.7. The predicted octanol–water partition coefficient (Wildman–Crippen LogP) is 6.39. The average Bonchev–Trinajstić information content (AvgIpc) is 2.83. The van der Waals surface area contributed by atoms with E-state index in [-0.39, 0.29) is 7.43 Å². The number of hydrazone groups is 2. The molecule has 0 saturated carbocycles. The van der Waals surface area contributed by atoms with E-state index in [1.807, 2.05) is 38.8 Å². The zero-order chi connectivity index (χ0) is 21.1. The van der Waals surface area contributed by atoms with Crippen molar-refractivity contribution in [1.82, 2.24) is 15.0 Å². The maximum absolute atomic E-state index is 4.82. The number of rotatable bonds is 7. The summed E-state index contributed by atoms with van der Waals surface area (Å²) < 4.78 is 0. The fourth-order valence-electron chi connectivity index (χ4n) is 2.87. The molecule has 0 bridgehead atoms. The minimum absolute atomic E-state index is 0. The fraction of sp³-hybridized carbons (Fsp3) is 0.542. The summed E-state index contributed by atoms with van der Waals surface area (Å²) in [5.41, 5.74) is 4.92. The Hall–Kier alpha value is -2.43. The third-order valence-electron chi connectivity index (χ3n) is 4.48. The van der Waals surface area contributed by atoms with Crippen molar-refractivity contribution >= 4 is 11.4 Å². The van der Waals surface area contributed by atoms with Crippen LogP contribution in [0.3, 0.4) is 0 Å². The second-order valence-corrected chi connectivity index (χ2v) is 7.03. The molecule has 162 valence electrons. The summed E-state index contributed by atoms with van der Waals surface area (Å²) in [6.45, 7) is 21.3. The maximum atomic E-state index is 4.82. The van der Waals surface area contributed by atoms with E-state index in [2.05, 4.69) is 49.2 Å². The Kier molecular flexibility index (Phi) is 12.5. The quantitative estimate of drug-likeness (QED) is 0.394. The van der Waals surface area contributed by atoms with Gasteiger partial charge >= 0.3 is 0 Å². The molecule has 0 spiro atoms. The molecule has 5 nitrogen and oxygen atoms in total. The molecule has 1 aliphatic rings. The monoisotopic (exact) mass is 399 g/mol. The van der Waals surface area contributed by atoms with Crippen LogP contribution in [0.1, 0.15) is 79.6 Å². The highest BCUT2D eigenvalue weighted by Gasteiger charge is 2.17. The van der Waals surface area contributed by atoms with Crippen LogP contribution in [-0.2, 0) is 13.1 Å². The van der Waals surface area contributed by atoms with Crippen molar-refractivity contribution in [2.45, 2.75) is 87.4 Å². The molecular weight excluding hydrogens is 358 g/mol. The van der Waals surface area contributed by atoms with Gasteiger partial charge in [-0.1, -0.05) is 40.5 Å². The highest BCUT2D eigenvalue weighted by Crippen LogP contribution is 2.18. The van der Waals surface area contributed by atoms with Crippen LogP contribution in [0.2, 0.25) is 0 Å². The van der Waals surface area contributed by atoms with Gasteiger partial charge < -0.3 is 0 Å². The Balaban J connectivity index is 0.00000253. The minimum atomic E-state index is 0. The second-order valence-electron chi connectivity index (χ2n) is 7.03. The first-order valence-electron chi connectivity index (χ1n) is 10.2. The summed E-state index contributed by atoms with van der Waals surface area (Å²) in [5, 5.41) is 13.3. The summed E-state index contributed by atoms with van der Waals surface area (Å²) in [6, 6.07) is 6.58. The molecule has 0 radical (unpaired) electrons. The first-order valence-corrected chi connectivity index (χ1v) is 10.2. The van der Waals surface area contributed by atoms with Crippen LogP contribution in [0.15, 0.2) is 53.3 Å². The highest BCUT2D eigenvalue weighted by atomic mass is 15.5. The van der Waals surface area contributed by atoms with E-state index in [4.69, 9.17) is 10.1 Å². The van der Waals surface area contributed by atoms with Crippen molar-refractivity contribution in [3.05, 3.63) is 54.5 Å². The lowest BCUT2D eigenvalue weighted by Crippen LogP contribution is -2.27. The Labute approximate surface area is 178 Å². The van der Waals surface area contributed by atoms with Gasteiger partial charge in [0.15, 0.2) is 0 Å². The Morgan fingerprint density at radius 1 is 1.31 bits per heavy atom. The van der Waals surface area contributed by atoms with E-state index >= 15 is 0 Å². The molecule has 1 aromatic rings. The van der Waals surface area contributed by atoms with Gasteiger partial charge in [-0.3, -0.25) is 15.0 Å². The van der Waals surface area contributed by atoms with E-state index in [1.165, 1.54) is 18.6 Å². The van der Waals surface area contributed by atoms with Crippen LogP contribution in [-0.4, -0.2) is 32.5 Å². The molecule has 0 N–H and O–H groups in total. The van der Waals surface area contributed by atoms with Gasteiger partial charge in [0.25, 0.3) is 0 Å².